The highest BCUT2D eigenvalue weighted by atomic mass is 35.5. The lowest BCUT2D eigenvalue weighted by Crippen LogP contribution is -2.35. The first kappa shape index (κ1) is 11.9. The molecule has 0 N–H and O–H groups in total. The zero-order valence-electron chi connectivity index (χ0n) is 10.0. The molecule has 0 spiro atoms. The Balaban J connectivity index is 2.15. The van der Waals surface area contributed by atoms with E-state index in [-0.39, 0.29) is 0 Å². The van der Waals surface area contributed by atoms with Crippen LogP contribution >= 0.6 is 11.6 Å². The summed E-state index contributed by atoms with van der Waals surface area (Å²) in [6.07, 6.45) is 0.892. The molecule has 2 aromatic rings. The van der Waals surface area contributed by atoms with Gasteiger partial charge in [-0.3, -0.25) is 0 Å². The van der Waals surface area contributed by atoms with Crippen LogP contribution in [0.2, 0.25) is 0 Å². The first-order chi connectivity index (χ1) is 9.31. The Morgan fingerprint density at radius 1 is 1.05 bits per heavy atom. The molecular formula is C15H11ClN2O. The Hall–Kier alpha value is -2.13. The predicted octanol–water partition coefficient (Wildman–Crippen LogP) is 3.67. The number of amidine groups is 1. The lowest BCUT2D eigenvalue weighted by molar-refractivity contribution is -0.108. The lowest BCUT2D eigenvalue weighted by atomic mass is 10.0. The second-order valence-corrected chi connectivity index (χ2v) is 4.56. The topological polar surface area (TPSA) is 32.7 Å². The summed E-state index contributed by atoms with van der Waals surface area (Å²) in [5.74, 6) is 0. The molecule has 1 unspecified atom stereocenters. The fourth-order valence-electron chi connectivity index (χ4n) is 2.24. The fraction of sp³-hybridized carbons (Fsp3) is 0.0667. The predicted molar refractivity (Wildman–Crippen MR) is 77.1 cm³/mol. The van der Waals surface area contributed by atoms with E-state index in [9.17, 15) is 4.79 Å². The van der Waals surface area contributed by atoms with Crippen LogP contribution in [0.3, 0.4) is 0 Å². The van der Waals surface area contributed by atoms with Crippen LogP contribution in [0.5, 0.6) is 0 Å². The normalized spacial score (nSPS) is 17.6. The minimum atomic E-state index is -0.441. The largest absolute Gasteiger partial charge is 0.302 e. The number of aldehydes is 1. The third kappa shape index (κ3) is 2.02. The van der Waals surface area contributed by atoms with Crippen molar-refractivity contribution >= 4 is 34.6 Å². The molecule has 0 bridgehead atoms. The summed E-state index contributed by atoms with van der Waals surface area (Å²) >= 11 is 6.24. The van der Waals surface area contributed by atoms with Crippen molar-refractivity contribution in [3.8, 4) is 0 Å². The van der Waals surface area contributed by atoms with Gasteiger partial charge in [0.05, 0.1) is 5.69 Å². The van der Waals surface area contributed by atoms with Crippen LogP contribution in [-0.4, -0.2) is 11.6 Å². The third-order valence-electron chi connectivity index (χ3n) is 3.11. The van der Waals surface area contributed by atoms with E-state index in [0.29, 0.717) is 5.29 Å². The Bertz CT molecular complexity index is 640. The summed E-state index contributed by atoms with van der Waals surface area (Å²) in [5.41, 5.74) is 2.46. The Morgan fingerprint density at radius 3 is 2.47 bits per heavy atom. The maximum absolute atomic E-state index is 11.5. The number of rotatable bonds is 2. The molecule has 0 saturated heterocycles. The molecule has 94 valence electrons. The number of fused-ring (bicyclic) bond motifs is 1. The number of anilines is 1. The smallest absolute Gasteiger partial charge is 0.204 e. The molecule has 0 aliphatic carbocycles. The van der Waals surface area contributed by atoms with Crippen molar-refractivity contribution in [3.63, 3.8) is 0 Å². The molecule has 3 rings (SSSR count). The second kappa shape index (κ2) is 4.86. The van der Waals surface area contributed by atoms with Gasteiger partial charge in [-0.2, -0.15) is 0 Å². The first-order valence-corrected chi connectivity index (χ1v) is 6.32. The average Bonchev–Trinajstić information content (AvgIpc) is 2.46. The Labute approximate surface area is 116 Å². The molecule has 1 heterocycles. The zero-order valence-corrected chi connectivity index (χ0v) is 10.8. The summed E-state index contributed by atoms with van der Waals surface area (Å²) in [6.45, 7) is 0. The van der Waals surface area contributed by atoms with Gasteiger partial charge in [-0.1, -0.05) is 36.4 Å². The standard InChI is InChI=1S/C15H11ClN2O/c16-15-17-13-9-5-4-8-12(13)14(10-19)18(15)11-6-2-1-3-7-11/h1-10,14H. The molecule has 2 aromatic carbocycles. The maximum Gasteiger partial charge on any atom is 0.204 e. The molecule has 3 nitrogen and oxygen atoms in total. The highest BCUT2D eigenvalue weighted by Gasteiger charge is 2.29. The van der Waals surface area contributed by atoms with E-state index in [1.54, 1.807) is 4.90 Å². The first-order valence-electron chi connectivity index (χ1n) is 5.94. The maximum atomic E-state index is 11.5. The van der Waals surface area contributed by atoms with Crippen molar-refractivity contribution in [1.82, 2.24) is 0 Å². The van der Waals surface area contributed by atoms with E-state index >= 15 is 0 Å². The zero-order chi connectivity index (χ0) is 13.2. The highest BCUT2D eigenvalue weighted by molar-refractivity contribution is 6.68. The molecule has 0 aromatic heterocycles. The van der Waals surface area contributed by atoms with Gasteiger partial charge in [0, 0.05) is 11.3 Å². The number of para-hydroxylation sites is 2. The van der Waals surface area contributed by atoms with Crippen molar-refractivity contribution in [1.29, 1.82) is 0 Å². The molecule has 19 heavy (non-hydrogen) atoms. The van der Waals surface area contributed by atoms with E-state index < -0.39 is 6.04 Å². The van der Waals surface area contributed by atoms with E-state index in [0.717, 1.165) is 23.2 Å². The Kier molecular flexibility index (Phi) is 3.05. The summed E-state index contributed by atoms with van der Waals surface area (Å²) in [5, 5.41) is 0.307. The van der Waals surface area contributed by atoms with Gasteiger partial charge in [0.1, 0.15) is 12.3 Å². The van der Waals surface area contributed by atoms with Crippen molar-refractivity contribution in [2.45, 2.75) is 6.04 Å². The van der Waals surface area contributed by atoms with Crippen LogP contribution in [0.15, 0.2) is 59.6 Å². The third-order valence-corrected chi connectivity index (χ3v) is 3.37. The number of halogens is 1. The lowest BCUT2D eigenvalue weighted by Gasteiger charge is -2.32. The van der Waals surface area contributed by atoms with Crippen LogP contribution in [0.4, 0.5) is 11.4 Å². The molecule has 0 fully saturated rings. The van der Waals surface area contributed by atoms with E-state index in [4.69, 9.17) is 11.6 Å². The number of hydrogen-bond acceptors (Lipinski definition) is 3. The van der Waals surface area contributed by atoms with Gasteiger partial charge in [0.15, 0.2) is 0 Å². The van der Waals surface area contributed by atoms with Crippen LogP contribution < -0.4 is 4.90 Å². The monoisotopic (exact) mass is 270 g/mol. The minimum absolute atomic E-state index is 0.307. The van der Waals surface area contributed by atoms with Gasteiger partial charge in [0.25, 0.3) is 0 Å². The van der Waals surface area contributed by atoms with Crippen molar-refractivity contribution < 1.29 is 4.79 Å². The van der Waals surface area contributed by atoms with Gasteiger partial charge in [0.2, 0.25) is 5.29 Å². The van der Waals surface area contributed by atoms with Crippen LogP contribution in [0, 0.1) is 0 Å². The number of carbonyl (C=O) groups excluding carboxylic acids is 1. The van der Waals surface area contributed by atoms with E-state index in [1.165, 1.54) is 0 Å². The second-order valence-electron chi connectivity index (χ2n) is 4.23. The van der Waals surface area contributed by atoms with E-state index in [2.05, 4.69) is 4.99 Å². The molecule has 1 atom stereocenters. The van der Waals surface area contributed by atoms with Gasteiger partial charge in [-0.25, -0.2) is 4.99 Å². The number of hydrogen-bond donors (Lipinski definition) is 0. The van der Waals surface area contributed by atoms with Gasteiger partial charge < -0.3 is 9.69 Å². The quantitative estimate of drug-likeness (QED) is 0.616. The van der Waals surface area contributed by atoms with Crippen LogP contribution in [-0.2, 0) is 4.79 Å². The molecular weight excluding hydrogens is 260 g/mol. The average molecular weight is 271 g/mol. The number of aliphatic imine (C=N–C) groups is 1. The van der Waals surface area contributed by atoms with Crippen LogP contribution in [0.1, 0.15) is 11.6 Å². The summed E-state index contributed by atoms with van der Waals surface area (Å²) in [6, 6.07) is 16.6. The number of nitrogens with zero attached hydrogens (tertiary/aromatic N) is 2. The van der Waals surface area contributed by atoms with Crippen molar-refractivity contribution in [2.75, 3.05) is 4.90 Å². The summed E-state index contributed by atoms with van der Waals surface area (Å²) in [7, 11) is 0. The molecule has 4 heteroatoms. The number of carbonyl (C=O) groups is 1. The molecule has 1 aliphatic heterocycles. The molecule has 0 saturated carbocycles. The van der Waals surface area contributed by atoms with Crippen molar-refractivity contribution in [3.05, 3.63) is 60.2 Å². The SMILES string of the molecule is O=CC1c2ccccc2N=C(Cl)N1c1ccccc1. The molecule has 1 aliphatic rings. The van der Waals surface area contributed by atoms with Crippen molar-refractivity contribution in [2.24, 2.45) is 4.99 Å². The van der Waals surface area contributed by atoms with Gasteiger partial charge in [-0.15, -0.1) is 0 Å². The van der Waals surface area contributed by atoms with Gasteiger partial charge in [-0.05, 0) is 29.8 Å². The van der Waals surface area contributed by atoms with Crippen LogP contribution in [0.25, 0.3) is 0 Å². The van der Waals surface area contributed by atoms with Gasteiger partial charge >= 0.3 is 0 Å². The number of benzene rings is 2. The molecule has 0 radical (unpaired) electrons. The minimum Gasteiger partial charge on any atom is -0.302 e. The fourth-order valence-corrected chi connectivity index (χ4v) is 2.53. The molecule has 0 amide bonds. The highest BCUT2D eigenvalue weighted by Crippen LogP contribution is 2.37. The summed E-state index contributed by atoms with van der Waals surface area (Å²) in [4.78, 5) is 17.6. The summed E-state index contributed by atoms with van der Waals surface area (Å²) < 4.78 is 0. The Morgan fingerprint density at radius 2 is 1.74 bits per heavy atom. The van der Waals surface area contributed by atoms with E-state index in [1.807, 2.05) is 54.6 Å².